The summed E-state index contributed by atoms with van der Waals surface area (Å²) in [4.78, 5) is 14.4. The van der Waals surface area contributed by atoms with Crippen LogP contribution >= 0.6 is 0 Å². The van der Waals surface area contributed by atoms with Crippen LogP contribution in [0, 0.1) is 11.3 Å². The quantitative estimate of drug-likeness (QED) is 0.503. The number of aliphatic hydroxyl groups excluding tert-OH is 2. The van der Waals surface area contributed by atoms with Crippen molar-refractivity contribution in [2.24, 2.45) is 0 Å². The first-order valence-corrected chi connectivity index (χ1v) is 8.36. The smallest absolute Gasteiger partial charge is 0.173 e. The van der Waals surface area contributed by atoms with Crippen molar-refractivity contribution in [1.82, 2.24) is 4.90 Å². The maximum Gasteiger partial charge on any atom is 0.173 e. The Morgan fingerprint density at radius 2 is 2.17 bits per heavy atom. The Morgan fingerprint density at radius 1 is 1.43 bits per heavy atom. The van der Waals surface area contributed by atoms with Crippen molar-refractivity contribution in [2.75, 3.05) is 20.2 Å². The van der Waals surface area contributed by atoms with Crippen molar-refractivity contribution in [1.29, 1.82) is 5.26 Å². The SMILES string of the molecule is CC(O)CCCC(=O)/C(C#N)=C1\C=C(N(C)CCCO)CCC1. The molecular formula is C18H28N2O3. The molecule has 0 saturated heterocycles. The Kier molecular flexibility index (Phi) is 8.60. The van der Waals surface area contributed by atoms with E-state index in [0.29, 0.717) is 25.7 Å². The minimum atomic E-state index is -0.414. The van der Waals surface area contributed by atoms with Gasteiger partial charge in [0.05, 0.1) is 11.7 Å². The van der Waals surface area contributed by atoms with Crippen LogP contribution in [-0.4, -0.2) is 47.2 Å². The number of ketones is 1. The molecule has 1 unspecified atom stereocenters. The maximum absolute atomic E-state index is 12.3. The van der Waals surface area contributed by atoms with Gasteiger partial charge in [0, 0.05) is 32.3 Å². The van der Waals surface area contributed by atoms with E-state index in [0.717, 1.165) is 37.1 Å². The van der Waals surface area contributed by atoms with Crippen LogP contribution in [0.5, 0.6) is 0 Å². The Balaban J connectivity index is 2.82. The Morgan fingerprint density at radius 3 is 2.78 bits per heavy atom. The lowest BCUT2D eigenvalue weighted by Gasteiger charge is -2.26. The van der Waals surface area contributed by atoms with Gasteiger partial charge in [0.25, 0.3) is 0 Å². The van der Waals surface area contributed by atoms with Crippen LogP contribution in [0.25, 0.3) is 0 Å². The first-order valence-electron chi connectivity index (χ1n) is 8.36. The lowest BCUT2D eigenvalue weighted by atomic mass is 9.91. The predicted molar refractivity (Wildman–Crippen MR) is 89.4 cm³/mol. The zero-order chi connectivity index (χ0) is 17.2. The summed E-state index contributed by atoms with van der Waals surface area (Å²) < 4.78 is 0. The fourth-order valence-corrected chi connectivity index (χ4v) is 2.75. The van der Waals surface area contributed by atoms with Gasteiger partial charge in [-0.1, -0.05) is 0 Å². The lowest BCUT2D eigenvalue weighted by Crippen LogP contribution is -2.22. The van der Waals surface area contributed by atoms with E-state index in [1.807, 2.05) is 13.1 Å². The van der Waals surface area contributed by atoms with Crippen LogP contribution in [0.15, 0.2) is 22.9 Å². The summed E-state index contributed by atoms with van der Waals surface area (Å²) in [6.07, 6.45) is 6.34. The third-order valence-corrected chi connectivity index (χ3v) is 4.10. The number of hydrogen-bond donors (Lipinski definition) is 2. The average molecular weight is 320 g/mol. The van der Waals surface area contributed by atoms with Gasteiger partial charge in [0.2, 0.25) is 0 Å². The number of hydrogen-bond acceptors (Lipinski definition) is 5. The van der Waals surface area contributed by atoms with E-state index < -0.39 is 6.10 Å². The van der Waals surface area contributed by atoms with Crippen molar-refractivity contribution in [3.8, 4) is 6.07 Å². The Bertz CT molecular complexity index is 501. The molecule has 0 spiro atoms. The van der Waals surface area contributed by atoms with Gasteiger partial charge in [-0.15, -0.1) is 0 Å². The highest BCUT2D eigenvalue weighted by atomic mass is 16.3. The van der Waals surface area contributed by atoms with E-state index in [9.17, 15) is 15.2 Å². The van der Waals surface area contributed by atoms with Crippen LogP contribution in [-0.2, 0) is 4.79 Å². The number of allylic oxidation sites excluding steroid dienone is 4. The summed E-state index contributed by atoms with van der Waals surface area (Å²) in [6.45, 7) is 2.62. The number of aliphatic hydroxyl groups is 2. The zero-order valence-electron chi connectivity index (χ0n) is 14.2. The molecule has 2 N–H and O–H groups in total. The Labute approximate surface area is 138 Å². The molecule has 0 heterocycles. The topological polar surface area (TPSA) is 84.6 Å². The molecule has 0 aromatic rings. The van der Waals surface area contributed by atoms with Crippen LogP contribution < -0.4 is 0 Å². The van der Waals surface area contributed by atoms with Gasteiger partial charge in [0.15, 0.2) is 5.78 Å². The molecule has 0 amide bonds. The molecule has 0 aromatic carbocycles. The van der Waals surface area contributed by atoms with Crippen molar-refractivity contribution >= 4 is 5.78 Å². The lowest BCUT2D eigenvalue weighted by molar-refractivity contribution is -0.115. The number of carbonyl (C=O) groups is 1. The van der Waals surface area contributed by atoms with Gasteiger partial charge in [-0.2, -0.15) is 5.26 Å². The van der Waals surface area contributed by atoms with Crippen molar-refractivity contribution in [3.63, 3.8) is 0 Å². The summed E-state index contributed by atoms with van der Waals surface area (Å²) in [5, 5.41) is 27.5. The standard InChI is InChI=1S/C18H28N2O3/c1-14(22)6-3-9-18(23)17(13-19)15-7-4-8-16(12-15)20(2)10-5-11-21/h12,14,21-22H,3-11H2,1-2H3/b17-15-. The van der Waals surface area contributed by atoms with Crippen LogP contribution in [0.1, 0.15) is 51.9 Å². The van der Waals surface area contributed by atoms with Gasteiger partial charge < -0.3 is 15.1 Å². The minimum Gasteiger partial charge on any atom is -0.396 e. The monoisotopic (exact) mass is 320 g/mol. The summed E-state index contributed by atoms with van der Waals surface area (Å²) in [5.41, 5.74) is 2.21. The highest BCUT2D eigenvalue weighted by Gasteiger charge is 2.18. The molecule has 1 aliphatic carbocycles. The molecule has 1 rings (SSSR count). The van der Waals surface area contributed by atoms with Crippen LogP contribution in [0.2, 0.25) is 0 Å². The molecule has 0 radical (unpaired) electrons. The van der Waals surface area contributed by atoms with Gasteiger partial charge in [-0.05, 0) is 57.1 Å². The third kappa shape index (κ3) is 6.55. The predicted octanol–water partition coefficient (Wildman–Crippen LogP) is 2.31. The number of carbonyl (C=O) groups excluding carboxylic acids is 1. The highest BCUT2D eigenvalue weighted by molar-refractivity contribution is 6.00. The van der Waals surface area contributed by atoms with Crippen molar-refractivity contribution in [3.05, 3.63) is 22.9 Å². The second-order valence-corrected chi connectivity index (χ2v) is 6.16. The normalized spacial score (nSPS) is 18.0. The maximum atomic E-state index is 12.3. The van der Waals surface area contributed by atoms with E-state index in [1.54, 1.807) is 6.92 Å². The van der Waals surface area contributed by atoms with E-state index >= 15 is 0 Å². The molecule has 0 aromatic heterocycles. The first-order chi connectivity index (χ1) is 11.0. The van der Waals surface area contributed by atoms with Crippen LogP contribution in [0.3, 0.4) is 0 Å². The largest absolute Gasteiger partial charge is 0.396 e. The second-order valence-electron chi connectivity index (χ2n) is 6.16. The number of Topliss-reactive ketones (excluding diaryl/α,β-unsaturated/α-hetero) is 1. The average Bonchev–Trinajstić information content (AvgIpc) is 2.53. The molecule has 0 aliphatic heterocycles. The number of rotatable bonds is 9. The summed E-state index contributed by atoms with van der Waals surface area (Å²) in [5.74, 6) is -0.126. The molecule has 5 nitrogen and oxygen atoms in total. The fourth-order valence-electron chi connectivity index (χ4n) is 2.75. The molecular weight excluding hydrogens is 292 g/mol. The van der Waals surface area contributed by atoms with Crippen molar-refractivity contribution in [2.45, 2.75) is 58.0 Å². The highest BCUT2D eigenvalue weighted by Crippen LogP contribution is 2.27. The number of nitrogens with zero attached hydrogens (tertiary/aromatic N) is 2. The van der Waals surface area contributed by atoms with E-state index in [2.05, 4.69) is 11.0 Å². The van der Waals surface area contributed by atoms with Crippen LogP contribution in [0.4, 0.5) is 0 Å². The Hall–Kier alpha value is -1.64. The fraction of sp³-hybridized carbons (Fsp3) is 0.667. The molecule has 0 fully saturated rings. The molecule has 128 valence electrons. The van der Waals surface area contributed by atoms with E-state index in [4.69, 9.17) is 5.11 Å². The van der Waals surface area contributed by atoms with Crippen molar-refractivity contribution < 1.29 is 15.0 Å². The van der Waals surface area contributed by atoms with E-state index in [1.165, 1.54) is 0 Å². The molecule has 1 aliphatic rings. The van der Waals surface area contributed by atoms with E-state index in [-0.39, 0.29) is 18.0 Å². The second kappa shape index (κ2) is 10.2. The van der Waals surface area contributed by atoms with Gasteiger partial charge in [-0.3, -0.25) is 4.79 Å². The minimum absolute atomic E-state index is 0.126. The molecule has 1 atom stereocenters. The summed E-state index contributed by atoms with van der Waals surface area (Å²) in [7, 11) is 1.97. The van der Waals surface area contributed by atoms with Gasteiger partial charge >= 0.3 is 0 Å². The number of nitriles is 1. The molecule has 23 heavy (non-hydrogen) atoms. The molecule has 0 saturated carbocycles. The van der Waals surface area contributed by atoms with Gasteiger partial charge in [0.1, 0.15) is 6.07 Å². The van der Waals surface area contributed by atoms with Gasteiger partial charge in [-0.25, -0.2) is 0 Å². The zero-order valence-corrected chi connectivity index (χ0v) is 14.2. The molecule has 5 heteroatoms. The molecule has 0 bridgehead atoms. The third-order valence-electron chi connectivity index (χ3n) is 4.10. The first kappa shape index (κ1) is 19.4. The summed E-state index contributed by atoms with van der Waals surface area (Å²) >= 11 is 0. The summed E-state index contributed by atoms with van der Waals surface area (Å²) in [6, 6.07) is 2.08.